The summed E-state index contributed by atoms with van der Waals surface area (Å²) in [5.41, 5.74) is 0. The van der Waals surface area contributed by atoms with Gasteiger partial charge in [-0.15, -0.1) is 0 Å². The van der Waals surface area contributed by atoms with Crippen LogP contribution in [0.5, 0.6) is 11.5 Å². The number of phenolic OH excluding ortho intramolecular Hbond substituents is 1. The Morgan fingerprint density at radius 3 is 2.73 bits per heavy atom. The fourth-order valence-electron chi connectivity index (χ4n) is 1.67. The van der Waals surface area contributed by atoms with Gasteiger partial charge in [0.1, 0.15) is 11.9 Å². The minimum atomic E-state index is -0.638. The molecule has 0 aromatic heterocycles. The number of ether oxygens (including phenoxy) is 1. The minimum Gasteiger partial charge on any atom is -0.505 e. The van der Waals surface area contributed by atoms with Crippen LogP contribution in [0.15, 0.2) is 18.2 Å². The second kappa shape index (κ2) is 4.49. The number of hydrogen-bond acceptors (Lipinski definition) is 3. The van der Waals surface area contributed by atoms with Gasteiger partial charge in [0.05, 0.1) is 0 Å². The summed E-state index contributed by atoms with van der Waals surface area (Å²) in [7, 11) is 0. The molecule has 0 bridgehead atoms. The van der Waals surface area contributed by atoms with E-state index in [9.17, 15) is 4.39 Å². The average Bonchev–Trinajstić information content (AvgIpc) is 2.25. The van der Waals surface area contributed by atoms with Crippen LogP contribution in [0.2, 0.25) is 0 Å². The number of aromatic hydroxyl groups is 1. The third-order valence-corrected chi connectivity index (χ3v) is 2.51. The molecule has 1 heterocycles. The molecule has 2 rings (SSSR count). The summed E-state index contributed by atoms with van der Waals surface area (Å²) in [5.74, 6) is -0.494. The Kier molecular flexibility index (Phi) is 3.06. The molecule has 1 fully saturated rings. The van der Waals surface area contributed by atoms with E-state index in [1.807, 2.05) is 0 Å². The van der Waals surface area contributed by atoms with Crippen molar-refractivity contribution in [1.82, 2.24) is 5.32 Å². The van der Waals surface area contributed by atoms with Gasteiger partial charge in [-0.3, -0.25) is 0 Å². The van der Waals surface area contributed by atoms with Crippen molar-refractivity contribution in [2.75, 3.05) is 13.1 Å². The van der Waals surface area contributed by atoms with Crippen molar-refractivity contribution in [2.45, 2.75) is 18.9 Å². The van der Waals surface area contributed by atoms with Crippen LogP contribution in [0, 0.1) is 5.82 Å². The molecule has 1 aromatic carbocycles. The van der Waals surface area contributed by atoms with Crippen molar-refractivity contribution in [3.05, 3.63) is 24.0 Å². The molecule has 0 amide bonds. The molecule has 15 heavy (non-hydrogen) atoms. The summed E-state index contributed by atoms with van der Waals surface area (Å²) in [6.07, 6.45) is 2.01. The first kappa shape index (κ1) is 10.2. The van der Waals surface area contributed by atoms with Gasteiger partial charge in [-0.2, -0.15) is 0 Å². The molecule has 0 spiro atoms. The van der Waals surface area contributed by atoms with E-state index in [2.05, 4.69) is 5.32 Å². The molecule has 1 aliphatic rings. The van der Waals surface area contributed by atoms with Gasteiger partial charge in [-0.05, 0) is 38.1 Å². The van der Waals surface area contributed by atoms with Gasteiger partial charge < -0.3 is 15.2 Å². The molecule has 1 aliphatic heterocycles. The van der Waals surface area contributed by atoms with Gasteiger partial charge in [0, 0.05) is 6.07 Å². The Morgan fingerprint density at radius 1 is 1.33 bits per heavy atom. The lowest BCUT2D eigenvalue weighted by Gasteiger charge is -2.23. The van der Waals surface area contributed by atoms with Crippen LogP contribution in [0.4, 0.5) is 4.39 Å². The van der Waals surface area contributed by atoms with E-state index in [4.69, 9.17) is 9.84 Å². The standard InChI is InChI=1S/C11H14FNO2/c12-10-7-9(1-2-11(10)14)15-8-3-5-13-6-4-8/h1-2,7-8,13-14H,3-6H2. The van der Waals surface area contributed by atoms with E-state index in [1.54, 1.807) is 6.07 Å². The zero-order valence-electron chi connectivity index (χ0n) is 8.37. The number of piperidine rings is 1. The van der Waals surface area contributed by atoms with Crippen LogP contribution in [0.1, 0.15) is 12.8 Å². The number of nitrogens with one attached hydrogen (secondary N) is 1. The first-order valence-electron chi connectivity index (χ1n) is 5.11. The molecule has 2 N–H and O–H groups in total. The lowest BCUT2D eigenvalue weighted by atomic mass is 10.1. The number of benzene rings is 1. The molecule has 0 unspecified atom stereocenters. The molecule has 1 saturated heterocycles. The fourth-order valence-corrected chi connectivity index (χ4v) is 1.67. The summed E-state index contributed by atoms with van der Waals surface area (Å²) in [6, 6.07) is 4.11. The predicted octanol–water partition coefficient (Wildman–Crippen LogP) is 1.66. The molecule has 4 heteroatoms. The average molecular weight is 211 g/mol. The molecular formula is C11H14FNO2. The van der Waals surface area contributed by atoms with Gasteiger partial charge in [0.2, 0.25) is 0 Å². The van der Waals surface area contributed by atoms with Crippen molar-refractivity contribution in [3.63, 3.8) is 0 Å². The van der Waals surface area contributed by atoms with E-state index >= 15 is 0 Å². The van der Waals surface area contributed by atoms with Crippen LogP contribution in [-0.2, 0) is 0 Å². The molecule has 0 saturated carbocycles. The quantitative estimate of drug-likeness (QED) is 0.781. The minimum absolute atomic E-state index is 0.148. The highest BCUT2D eigenvalue weighted by Crippen LogP contribution is 2.23. The number of rotatable bonds is 2. The molecule has 0 radical (unpaired) electrons. The van der Waals surface area contributed by atoms with Gasteiger partial charge in [-0.25, -0.2) is 4.39 Å². The second-order valence-electron chi connectivity index (χ2n) is 3.68. The Morgan fingerprint density at radius 2 is 2.07 bits per heavy atom. The second-order valence-corrected chi connectivity index (χ2v) is 3.68. The van der Waals surface area contributed by atoms with Gasteiger partial charge >= 0.3 is 0 Å². The Balaban J connectivity index is 2.00. The molecule has 3 nitrogen and oxygen atoms in total. The van der Waals surface area contributed by atoms with E-state index in [0.29, 0.717) is 5.75 Å². The summed E-state index contributed by atoms with van der Waals surface area (Å²) >= 11 is 0. The third-order valence-electron chi connectivity index (χ3n) is 2.51. The van der Waals surface area contributed by atoms with Crippen LogP contribution >= 0.6 is 0 Å². The van der Waals surface area contributed by atoms with Crippen LogP contribution < -0.4 is 10.1 Å². The van der Waals surface area contributed by atoms with E-state index < -0.39 is 5.82 Å². The Labute approximate surface area is 87.9 Å². The lowest BCUT2D eigenvalue weighted by molar-refractivity contribution is 0.161. The van der Waals surface area contributed by atoms with Gasteiger partial charge in [-0.1, -0.05) is 0 Å². The van der Waals surface area contributed by atoms with Crippen LogP contribution in [0.25, 0.3) is 0 Å². The maximum atomic E-state index is 13.0. The number of hydrogen-bond donors (Lipinski definition) is 2. The predicted molar refractivity (Wildman–Crippen MR) is 54.6 cm³/mol. The molecule has 1 aromatic rings. The summed E-state index contributed by atoms with van der Waals surface area (Å²) in [5, 5.41) is 12.2. The number of halogens is 1. The van der Waals surface area contributed by atoms with E-state index in [-0.39, 0.29) is 11.9 Å². The zero-order valence-corrected chi connectivity index (χ0v) is 8.37. The molecular weight excluding hydrogens is 197 g/mol. The fraction of sp³-hybridized carbons (Fsp3) is 0.455. The maximum Gasteiger partial charge on any atom is 0.168 e. The first-order chi connectivity index (χ1) is 7.25. The first-order valence-corrected chi connectivity index (χ1v) is 5.11. The van der Waals surface area contributed by atoms with Crippen molar-refractivity contribution in [2.24, 2.45) is 0 Å². The van der Waals surface area contributed by atoms with Crippen LogP contribution in [0.3, 0.4) is 0 Å². The van der Waals surface area contributed by atoms with Gasteiger partial charge in [0.15, 0.2) is 11.6 Å². The Hall–Kier alpha value is -1.29. The molecule has 0 atom stereocenters. The lowest BCUT2D eigenvalue weighted by Crippen LogP contribution is -2.34. The Bertz CT molecular complexity index is 337. The van der Waals surface area contributed by atoms with E-state index in [0.717, 1.165) is 25.9 Å². The highest BCUT2D eigenvalue weighted by atomic mass is 19.1. The van der Waals surface area contributed by atoms with Crippen LogP contribution in [-0.4, -0.2) is 24.3 Å². The van der Waals surface area contributed by atoms with Crippen molar-refractivity contribution in [3.8, 4) is 11.5 Å². The van der Waals surface area contributed by atoms with Gasteiger partial charge in [0.25, 0.3) is 0 Å². The van der Waals surface area contributed by atoms with Crippen molar-refractivity contribution < 1.29 is 14.2 Å². The maximum absolute atomic E-state index is 13.0. The summed E-state index contributed by atoms with van der Waals surface area (Å²) in [6.45, 7) is 1.87. The molecule has 82 valence electrons. The monoisotopic (exact) mass is 211 g/mol. The highest BCUT2D eigenvalue weighted by molar-refractivity contribution is 5.32. The topological polar surface area (TPSA) is 41.5 Å². The zero-order chi connectivity index (χ0) is 10.7. The summed E-state index contributed by atoms with van der Waals surface area (Å²) in [4.78, 5) is 0. The smallest absolute Gasteiger partial charge is 0.168 e. The van der Waals surface area contributed by atoms with Crippen molar-refractivity contribution in [1.29, 1.82) is 0 Å². The normalized spacial score (nSPS) is 17.7. The van der Waals surface area contributed by atoms with E-state index in [1.165, 1.54) is 12.1 Å². The number of phenols is 1. The third kappa shape index (κ3) is 2.59. The highest BCUT2D eigenvalue weighted by Gasteiger charge is 2.14. The SMILES string of the molecule is Oc1ccc(OC2CCNCC2)cc1F. The largest absolute Gasteiger partial charge is 0.505 e. The summed E-state index contributed by atoms with van der Waals surface area (Å²) < 4.78 is 18.6. The molecule has 0 aliphatic carbocycles. The van der Waals surface area contributed by atoms with Crippen molar-refractivity contribution >= 4 is 0 Å².